The third kappa shape index (κ3) is 4.60. The van der Waals surface area contributed by atoms with Gasteiger partial charge in [0, 0.05) is 31.4 Å². The smallest absolute Gasteiger partial charge is 0.119 e. The van der Waals surface area contributed by atoms with Crippen molar-refractivity contribution in [1.29, 1.82) is 0 Å². The summed E-state index contributed by atoms with van der Waals surface area (Å²) in [6, 6.07) is 8.44. The maximum Gasteiger partial charge on any atom is 0.119 e. The molecule has 0 fully saturated rings. The first kappa shape index (κ1) is 15.6. The molecule has 0 amide bonds. The Balaban J connectivity index is 1.79. The highest BCUT2D eigenvalue weighted by atomic mass is 16.5. The third-order valence-corrected chi connectivity index (χ3v) is 3.49. The number of aromatic nitrogens is 2. The van der Waals surface area contributed by atoms with Crippen molar-refractivity contribution in [2.75, 3.05) is 6.61 Å². The molecule has 0 aliphatic heterocycles. The second-order valence-electron chi connectivity index (χ2n) is 5.53. The van der Waals surface area contributed by atoms with E-state index in [4.69, 9.17) is 4.74 Å². The molecule has 1 N–H and O–H groups in total. The molecule has 2 aromatic rings. The van der Waals surface area contributed by atoms with Crippen LogP contribution in [0.5, 0.6) is 5.75 Å². The maximum absolute atomic E-state index is 5.79. The maximum atomic E-state index is 5.79. The lowest BCUT2D eigenvalue weighted by atomic mass is 10.2. The van der Waals surface area contributed by atoms with E-state index in [-0.39, 0.29) is 6.04 Å². The van der Waals surface area contributed by atoms with E-state index in [1.54, 1.807) is 0 Å². The van der Waals surface area contributed by atoms with Crippen LogP contribution in [0.15, 0.2) is 30.5 Å². The van der Waals surface area contributed by atoms with Crippen LogP contribution < -0.4 is 10.1 Å². The van der Waals surface area contributed by atoms with Crippen LogP contribution in [0.4, 0.5) is 0 Å². The Morgan fingerprint density at radius 2 is 2.00 bits per heavy atom. The zero-order chi connectivity index (χ0) is 15.2. The first-order valence-electron chi connectivity index (χ1n) is 7.52. The highest BCUT2D eigenvalue weighted by Crippen LogP contribution is 2.12. The number of rotatable bonds is 7. The van der Waals surface area contributed by atoms with Crippen LogP contribution in [0.3, 0.4) is 0 Å². The van der Waals surface area contributed by atoms with E-state index >= 15 is 0 Å². The van der Waals surface area contributed by atoms with E-state index in [1.165, 1.54) is 11.1 Å². The molecule has 2 rings (SSSR count). The summed E-state index contributed by atoms with van der Waals surface area (Å²) in [7, 11) is 1.96. The van der Waals surface area contributed by atoms with Crippen LogP contribution in [0.25, 0.3) is 0 Å². The fraction of sp³-hybridized carbons (Fsp3) is 0.471. The minimum Gasteiger partial charge on any atom is -0.492 e. The van der Waals surface area contributed by atoms with Gasteiger partial charge in [-0.25, -0.2) is 0 Å². The van der Waals surface area contributed by atoms with Crippen molar-refractivity contribution in [2.45, 2.75) is 39.8 Å². The van der Waals surface area contributed by atoms with Crippen LogP contribution in [0, 0.1) is 6.92 Å². The van der Waals surface area contributed by atoms with Gasteiger partial charge in [0.25, 0.3) is 0 Å². The Bertz CT molecular complexity index is 560. The molecule has 0 saturated carbocycles. The summed E-state index contributed by atoms with van der Waals surface area (Å²) in [6.45, 7) is 7.83. The molecule has 1 unspecified atom stereocenters. The molecular weight excluding hydrogens is 262 g/mol. The number of hydrogen-bond donors (Lipinski definition) is 1. The average Bonchev–Trinajstić information content (AvgIpc) is 2.84. The molecule has 0 aliphatic carbocycles. The molecule has 0 aliphatic rings. The average molecular weight is 287 g/mol. The number of nitrogens with one attached hydrogen (secondary N) is 1. The second kappa shape index (κ2) is 7.27. The molecular formula is C17H25N3O. The molecule has 1 heterocycles. The number of ether oxygens (including phenoxy) is 1. The fourth-order valence-corrected chi connectivity index (χ4v) is 2.23. The van der Waals surface area contributed by atoms with Crippen molar-refractivity contribution in [1.82, 2.24) is 15.1 Å². The van der Waals surface area contributed by atoms with Gasteiger partial charge >= 0.3 is 0 Å². The summed E-state index contributed by atoms with van der Waals surface area (Å²) in [5.41, 5.74) is 3.68. The minimum absolute atomic E-state index is 0.288. The number of nitrogens with zero attached hydrogens (tertiary/aromatic N) is 2. The summed E-state index contributed by atoms with van der Waals surface area (Å²) in [5, 5.41) is 7.94. The number of hydrogen-bond acceptors (Lipinski definition) is 3. The third-order valence-electron chi connectivity index (χ3n) is 3.49. The molecule has 1 aromatic heterocycles. The van der Waals surface area contributed by atoms with Crippen LogP contribution in [0.2, 0.25) is 0 Å². The lowest BCUT2D eigenvalue weighted by Crippen LogP contribution is -2.31. The standard InChI is InChI=1S/C17H25N3O/c1-5-17-15(11-20(4)19-17)10-18-14(3)12-21-16-8-6-13(2)7-9-16/h6-9,11,14,18H,5,10,12H2,1-4H3. The quantitative estimate of drug-likeness (QED) is 0.851. The SMILES string of the molecule is CCc1nn(C)cc1CNC(C)COc1ccc(C)cc1. The van der Waals surface area contributed by atoms with Gasteiger partial charge in [0.05, 0.1) is 5.69 Å². The molecule has 1 atom stereocenters. The van der Waals surface area contributed by atoms with E-state index in [0.29, 0.717) is 6.61 Å². The predicted molar refractivity (Wildman–Crippen MR) is 85.6 cm³/mol. The second-order valence-corrected chi connectivity index (χ2v) is 5.53. The van der Waals surface area contributed by atoms with Gasteiger partial charge in [0.15, 0.2) is 0 Å². The van der Waals surface area contributed by atoms with Gasteiger partial charge in [-0.3, -0.25) is 4.68 Å². The van der Waals surface area contributed by atoms with Gasteiger partial charge in [-0.1, -0.05) is 24.6 Å². The number of benzene rings is 1. The van der Waals surface area contributed by atoms with Gasteiger partial charge in [0.2, 0.25) is 0 Å². The topological polar surface area (TPSA) is 39.1 Å². The Hall–Kier alpha value is -1.81. The molecule has 4 nitrogen and oxygen atoms in total. The van der Waals surface area contributed by atoms with Crippen LogP contribution in [0.1, 0.15) is 30.7 Å². The largest absolute Gasteiger partial charge is 0.492 e. The molecule has 0 saturated heterocycles. The van der Waals surface area contributed by atoms with Crippen molar-refractivity contribution in [3.8, 4) is 5.75 Å². The van der Waals surface area contributed by atoms with Gasteiger partial charge in [-0.05, 0) is 32.4 Å². The Morgan fingerprint density at radius 1 is 1.29 bits per heavy atom. The van der Waals surface area contributed by atoms with E-state index in [2.05, 4.69) is 49.5 Å². The summed E-state index contributed by atoms with van der Waals surface area (Å²) in [4.78, 5) is 0. The van der Waals surface area contributed by atoms with Gasteiger partial charge < -0.3 is 10.1 Å². The molecule has 1 aromatic carbocycles. The highest BCUT2D eigenvalue weighted by molar-refractivity contribution is 5.26. The van der Waals surface area contributed by atoms with Crippen molar-refractivity contribution in [2.24, 2.45) is 7.05 Å². The minimum atomic E-state index is 0.288. The molecule has 0 radical (unpaired) electrons. The van der Waals surface area contributed by atoms with Gasteiger partial charge in [0.1, 0.15) is 12.4 Å². The molecule has 21 heavy (non-hydrogen) atoms. The van der Waals surface area contributed by atoms with Crippen molar-refractivity contribution in [3.05, 3.63) is 47.3 Å². The lowest BCUT2D eigenvalue weighted by molar-refractivity contribution is 0.272. The van der Waals surface area contributed by atoms with E-state index in [9.17, 15) is 0 Å². The Morgan fingerprint density at radius 3 is 2.67 bits per heavy atom. The normalized spacial score (nSPS) is 12.4. The zero-order valence-corrected chi connectivity index (χ0v) is 13.4. The van der Waals surface area contributed by atoms with Crippen LogP contribution in [-0.4, -0.2) is 22.4 Å². The van der Waals surface area contributed by atoms with E-state index in [1.807, 2.05) is 23.9 Å². The molecule has 0 bridgehead atoms. The van der Waals surface area contributed by atoms with E-state index in [0.717, 1.165) is 24.4 Å². The summed E-state index contributed by atoms with van der Waals surface area (Å²) >= 11 is 0. The lowest BCUT2D eigenvalue weighted by Gasteiger charge is -2.15. The van der Waals surface area contributed by atoms with Crippen molar-refractivity contribution >= 4 is 0 Å². The van der Waals surface area contributed by atoms with E-state index < -0.39 is 0 Å². The molecule has 114 valence electrons. The fourth-order valence-electron chi connectivity index (χ4n) is 2.23. The monoisotopic (exact) mass is 287 g/mol. The highest BCUT2D eigenvalue weighted by Gasteiger charge is 2.08. The first-order valence-corrected chi connectivity index (χ1v) is 7.52. The zero-order valence-electron chi connectivity index (χ0n) is 13.4. The number of aryl methyl sites for hydroxylation is 3. The van der Waals surface area contributed by atoms with Crippen molar-refractivity contribution in [3.63, 3.8) is 0 Å². The summed E-state index contributed by atoms with van der Waals surface area (Å²) in [5.74, 6) is 0.921. The first-order chi connectivity index (χ1) is 10.1. The van der Waals surface area contributed by atoms with Crippen LogP contribution >= 0.6 is 0 Å². The Kier molecular flexibility index (Phi) is 5.39. The van der Waals surface area contributed by atoms with Crippen LogP contribution in [-0.2, 0) is 20.0 Å². The Labute approximate surface area is 127 Å². The predicted octanol–water partition coefficient (Wildman–Crippen LogP) is 2.85. The van der Waals surface area contributed by atoms with Gasteiger partial charge in [-0.2, -0.15) is 5.10 Å². The van der Waals surface area contributed by atoms with Crippen molar-refractivity contribution < 1.29 is 4.74 Å². The molecule has 4 heteroatoms. The molecule has 0 spiro atoms. The summed E-state index contributed by atoms with van der Waals surface area (Å²) < 4.78 is 7.67. The van der Waals surface area contributed by atoms with Gasteiger partial charge in [-0.15, -0.1) is 0 Å². The summed E-state index contributed by atoms with van der Waals surface area (Å²) in [6.07, 6.45) is 3.05.